The second-order valence-corrected chi connectivity index (χ2v) is 8.68. The number of nitrogens with zero attached hydrogens (tertiary/aromatic N) is 2. The van der Waals surface area contributed by atoms with Crippen LogP contribution in [-0.4, -0.2) is 0 Å². The average Bonchev–Trinajstić information content (AvgIpc) is 2.74. The maximum Gasteiger partial charge on any atom is 0.215 e. The minimum Gasteiger partial charge on any atom is -0.201 e. The summed E-state index contributed by atoms with van der Waals surface area (Å²) >= 11 is 0. The highest BCUT2D eigenvalue weighted by atomic mass is 14.9. The number of hydrogen-bond acceptors (Lipinski definition) is 0. The van der Waals surface area contributed by atoms with Crippen molar-refractivity contribution < 1.29 is 9.13 Å². The number of rotatable bonds is 4. The molecule has 0 bridgehead atoms. The first-order valence-corrected chi connectivity index (χ1v) is 11.0. The van der Waals surface area contributed by atoms with Gasteiger partial charge in [0.15, 0.2) is 11.9 Å². The Kier molecular flexibility index (Phi) is 5.73. The Balaban J connectivity index is 1.67. The molecule has 31 heavy (non-hydrogen) atoms. The highest BCUT2D eigenvalue weighted by Crippen LogP contribution is 2.26. The molecule has 4 rings (SSSR count). The van der Waals surface area contributed by atoms with Gasteiger partial charge in [-0.25, -0.2) is 4.57 Å². The van der Waals surface area contributed by atoms with Crippen LogP contribution in [0.15, 0.2) is 72.9 Å². The summed E-state index contributed by atoms with van der Waals surface area (Å²) in [5.41, 5.74) is 13.1. The number of hydrogen-bond donors (Lipinski definition) is 0. The zero-order valence-corrected chi connectivity index (χ0v) is 19.5. The first-order chi connectivity index (χ1) is 14.9. The van der Waals surface area contributed by atoms with Crippen LogP contribution in [0, 0.1) is 27.7 Å². The molecule has 0 aliphatic rings. The van der Waals surface area contributed by atoms with Gasteiger partial charge in [-0.2, -0.15) is 4.57 Å². The summed E-state index contributed by atoms with van der Waals surface area (Å²) in [4.78, 5) is 0. The summed E-state index contributed by atoms with van der Waals surface area (Å²) < 4.78 is 4.54. The Hall–Kier alpha value is -3.26. The molecule has 4 aromatic rings. The fraction of sp³-hybridized carbons (Fsp3) is 0.241. The first kappa shape index (κ1) is 21.0. The molecule has 0 aliphatic heterocycles. The van der Waals surface area contributed by atoms with E-state index in [1.54, 1.807) is 0 Å². The van der Waals surface area contributed by atoms with Crippen LogP contribution in [0.1, 0.15) is 33.5 Å². The molecule has 2 aromatic carbocycles. The van der Waals surface area contributed by atoms with Crippen LogP contribution in [-0.2, 0) is 20.5 Å². The van der Waals surface area contributed by atoms with Crippen molar-refractivity contribution >= 4 is 0 Å². The lowest BCUT2D eigenvalue weighted by Crippen LogP contribution is -2.36. The molecule has 0 radical (unpaired) electrons. The minimum absolute atomic E-state index is 0.939. The monoisotopic (exact) mass is 408 g/mol. The summed E-state index contributed by atoms with van der Waals surface area (Å²) in [5.74, 6) is 0. The fourth-order valence-corrected chi connectivity index (χ4v) is 4.60. The van der Waals surface area contributed by atoms with Crippen molar-refractivity contribution in [3.8, 4) is 22.5 Å². The van der Waals surface area contributed by atoms with Crippen molar-refractivity contribution in [2.24, 2.45) is 14.1 Å². The Morgan fingerprint density at radius 1 is 0.677 bits per heavy atom. The molecule has 2 heterocycles. The normalized spacial score (nSPS) is 11.0. The van der Waals surface area contributed by atoms with E-state index in [2.05, 4.69) is 124 Å². The Morgan fingerprint density at radius 2 is 1.42 bits per heavy atom. The second-order valence-electron chi connectivity index (χ2n) is 8.68. The maximum absolute atomic E-state index is 2.34. The van der Waals surface area contributed by atoms with Gasteiger partial charge >= 0.3 is 0 Å². The van der Waals surface area contributed by atoms with Crippen LogP contribution < -0.4 is 9.13 Å². The van der Waals surface area contributed by atoms with Gasteiger partial charge in [-0.3, -0.25) is 0 Å². The van der Waals surface area contributed by atoms with Gasteiger partial charge in [-0.05, 0) is 61.7 Å². The summed E-state index contributed by atoms with van der Waals surface area (Å²) in [6, 6.07) is 24.3. The SMILES string of the molecule is Cc1cc(Cc2ccc(-c3ccccc3C)[n+](C)c2C)ccc1-c1c(C)ccc[n+]1C. The van der Waals surface area contributed by atoms with Crippen molar-refractivity contribution in [2.75, 3.05) is 0 Å². The van der Waals surface area contributed by atoms with Crippen LogP contribution >= 0.6 is 0 Å². The molecular weight excluding hydrogens is 376 g/mol. The molecule has 156 valence electrons. The lowest BCUT2D eigenvalue weighted by atomic mass is 9.95. The Labute approximate surface area is 186 Å². The molecule has 0 unspecified atom stereocenters. The minimum atomic E-state index is 0.939. The number of benzene rings is 2. The standard InChI is InChI=1S/C29H32N2/c1-20-10-7-8-12-26(20)28-16-14-25(23(4)31(28)6)19-24-13-15-27(22(3)18-24)29-21(2)11-9-17-30(29)5/h7-18H,19H2,1-6H3/q+2. The Morgan fingerprint density at radius 3 is 2.13 bits per heavy atom. The molecular formula is C29H32N2+2. The summed E-state index contributed by atoms with van der Waals surface area (Å²) in [7, 11) is 4.29. The number of aromatic nitrogens is 2. The number of aryl methyl sites for hydroxylation is 4. The lowest BCUT2D eigenvalue weighted by molar-refractivity contribution is -0.667. The third-order valence-corrected chi connectivity index (χ3v) is 6.52. The molecule has 0 amide bonds. The highest BCUT2D eigenvalue weighted by molar-refractivity contribution is 5.65. The second kappa shape index (κ2) is 8.47. The zero-order valence-electron chi connectivity index (χ0n) is 19.5. The van der Waals surface area contributed by atoms with Gasteiger partial charge in [0.2, 0.25) is 11.4 Å². The van der Waals surface area contributed by atoms with Crippen molar-refractivity contribution in [2.45, 2.75) is 34.1 Å². The molecule has 0 N–H and O–H groups in total. The van der Waals surface area contributed by atoms with Gasteiger partial charge in [0.25, 0.3) is 0 Å². The molecule has 0 aliphatic carbocycles. The molecule has 0 saturated heterocycles. The third-order valence-electron chi connectivity index (χ3n) is 6.52. The fourth-order valence-electron chi connectivity index (χ4n) is 4.60. The van der Waals surface area contributed by atoms with Gasteiger partial charge in [0.05, 0.1) is 0 Å². The highest BCUT2D eigenvalue weighted by Gasteiger charge is 2.19. The van der Waals surface area contributed by atoms with Crippen molar-refractivity contribution in [3.05, 3.63) is 106 Å². The average molecular weight is 409 g/mol. The van der Waals surface area contributed by atoms with Crippen molar-refractivity contribution in [1.82, 2.24) is 0 Å². The topological polar surface area (TPSA) is 7.76 Å². The van der Waals surface area contributed by atoms with Gasteiger partial charge < -0.3 is 0 Å². The smallest absolute Gasteiger partial charge is 0.201 e. The maximum atomic E-state index is 2.34. The first-order valence-electron chi connectivity index (χ1n) is 11.0. The van der Waals surface area contributed by atoms with Gasteiger partial charge in [-0.1, -0.05) is 30.3 Å². The summed E-state index contributed by atoms with van der Waals surface area (Å²) in [5, 5.41) is 0. The number of pyridine rings is 2. The van der Waals surface area contributed by atoms with E-state index in [-0.39, 0.29) is 0 Å². The Bertz CT molecular complexity index is 1250. The van der Waals surface area contributed by atoms with Gasteiger partial charge in [0.1, 0.15) is 14.1 Å². The predicted molar refractivity (Wildman–Crippen MR) is 128 cm³/mol. The van der Waals surface area contributed by atoms with E-state index in [1.165, 1.54) is 56.0 Å². The third kappa shape index (κ3) is 4.03. The van der Waals surface area contributed by atoms with E-state index in [1.807, 2.05) is 0 Å². The molecule has 2 nitrogen and oxygen atoms in total. The van der Waals surface area contributed by atoms with E-state index >= 15 is 0 Å². The van der Waals surface area contributed by atoms with E-state index in [0.29, 0.717) is 0 Å². The van der Waals surface area contributed by atoms with Crippen molar-refractivity contribution in [1.29, 1.82) is 0 Å². The van der Waals surface area contributed by atoms with Gasteiger partial charge in [-0.15, -0.1) is 0 Å². The molecule has 2 aromatic heterocycles. The van der Waals surface area contributed by atoms with Crippen LogP contribution in [0.25, 0.3) is 22.5 Å². The molecule has 0 atom stereocenters. The molecule has 0 spiro atoms. The van der Waals surface area contributed by atoms with E-state index < -0.39 is 0 Å². The zero-order chi connectivity index (χ0) is 22.1. The lowest BCUT2D eigenvalue weighted by Gasteiger charge is -2.12. The van der Waals surface area contributed by atoms with E-state index in [4.69, 9.17) is 0 Å². The van der Waals surface area contributed by atoms with Crippen LogP contribution in [0.2, 0.25) is 0 Å². The predicted octanol–water partition coefficient (Wildman–Crippen LogP) is 5.49. The van der Waals surface area contributed by atoms with Crippen LogP contribution in [0.5, 0.6) is 0 Å². The van der Waals surface area contributed by atoms with Crippen LogP contribution in [0.3, 0.4) is 0 Å². The molecule has 0 fully saturated rings. The van der Waals surface area contributed by atoms with Crippen molar-refractivity contribution in [3.63, 3.8) is 0 Å². The van der Waals surface area contributed by atoms with E-state index in [0.717, 1.165) is 6.42 Å². The quantitative estimate of drug-likeness (QED) is 0.394. The largest absolute Gasteiger partial charge is 0.215 e. The molecule has 2 heteroatoms. The van der Waals surface area contributed by atoms with Gasteiger partial charge in [0, 0.05) is 47.7 Å². The van der Waals surface area contributed by atoms with Crippen LogP contribution in [0.4, 0.5) is 0 Å². The summed E-state index contributed by atoms with van der Waals surface area (Å²) in [6.45, 7) is 8.81. The van der Waals surface area contributed by atoms with E-state index in [9.17, 15) is 0 Å². The summed E-state index contributed by atoms with van der Waals surface area (Å²) in [6.07, 6.45) is 3.06. The molecule has 0 saturated carbocycles.